The van der Waals surface area contributed by atoms with Crippen molar-refractivity contribution in [2.45, 2.75) is 32.7 Å². The maximum absolute atomic E-state index is 12.3. The average molecular weight is 324 g/mol. The van der Waals surface area contributed by atoms with Crippen molar-refractivity contribution in [1.29, 1.82) is 0 Å². The van der Waals surface area contributed by atoms with Crippen molar-refractivity contribution in [1.82, 2.24) is 4.98 Å². The molecule has 0 aliphatic heterocycles. The zero-order valence-corrected chi connectivity index (χ0v) is 14.2. The number of carbonyl (C=O) groups excluding carboxylic acids is 1. The summed E-state index contributed by atoms with van der Waals surface area (Å²) >= 11 is 0. The van der Waals surface area contributed by atoms with Crippen molar-refractivity contribution >= 4 is 23.1 Å². The van der Waals surface area contributed by atoms with Crippen molar-refractivity contribution in [3.63, 3.8) is 0 Å². The lowest BCUT2D eigenvalue weighted by Crippen LogP contribution is -2.21. The molecular weight excluding hydrogens is 300 g/mol. The van der Waals surface area contributed by atoms with Crippen molar-refractivity contribution in [3.05, 3.63) is 48.2 Å². The lowest BCUT2D eigenvalue weighted by Gasteiger charge is -2.21. The Labute approximate surface area is 143 Å². The number of hydrogen-bond donors (Lipinski definition) is 2. The summed E-state index contributed by atoms with van der Waals surface area (Å²) in [6.45, 7) is 6.20. The summed E-state index contributed by atoms with van der Waals surface area (Å²) < 4.78 is 0. The van der Waals surface area contributed by atoms with Gasteiger partial charge in [0.15, 0.2) is 0 Å². The number of carbonyl (C=O) groups is 1. The first-order valence-corrected chi connectivity index (χ1v) is 8.58. The van der Waals surface area contributed by atoms with E-state index in [1.807, 2.05) is 30.3 Å². The molecular formula is C19H24N4O. The van der Waals surface area contributed by atoms with Gasteiger partial charge in [0.2, 0.25) is 0 Å². The molecule has 1 aromatic heterocycles. The van der Waals surface area contributed by atoms with Gasteiger partial charge < -0.3 is 15.5 Å². The third-order valence-electron chi connectivity index (χ3n) is 4.21. The van der Waals surface area contributed by atoms with Gasteiger partial charge in [-0.3, -0.25) is 4.79 Å². The summed E-state index contributed by atoms with van der Waals surface area (Å²) in [5.41, 5.74) is 2.51. The molecule has 5 heteroatoms. The number of nitrogens with zero attached hydrogens (tertiary/aromatic N) is 2. The van der Waals surface area contributed by atoms with E-state index >= 15 is 0 Å². The quantitative estimate of drug-likeness (QED) is 0.814. The maximum atomic E-state index is 12.3. The fraction of sp³-hybridized carbons (Fsp3) is 0.368. The fourth-order valence-corrected chi connectivity index (χ4v) is 2.60. The molecule has 1 aliphatic rings. The van der Waals surface area contributed by atoms with Crippen LogP contribution in [0.2, 0.25) is 0 Å². The molecule has 2 N–H and O–H groups in total. The second-order valence-corrected chi connectivity index (χ2v) is 6.02. The standard InChI is InChI=1S/C19H24N4O/c1-3-23(4-2)17-10-8-16(9-11-17)22-19(24)14-5-12-18(20-13-14)21-15-6-7-15/h5,8-13,15H,3-4,6-7H2,1-2H3,(H,20,21)(H,22,24). The molecule has 1 amide bonds. The number of nitrogens with one attached hydrogen (secondary N) is 2. The number of pyridine rings is 1. The summed E-state index contributed by atoms with van der Waals surface area (Å²) in [6.07, 6.45) is 4.02. The van der Waals surface area contributed by atoms with Gasteiger partial charge >= 0.3 is 0 Å². The Bertz CT molecular complexity index is 674. The molecule has 126 valence electrons. The van der Waals surface area contributed by atoms with Crippen LogP contribution in [-0.4, -0.2) is 30.0 Å². The Kier molecular flexibility index (Phi) is 4.99. The Hall–Kier alpha value is -2.56. The molecule has 1 heterocycles. The number of amides is 1. The van der Waals surface area contributed by atoms with Crippen molar-refractivity contribution in [2.75, 3.05) is 28.6 Å². The van der Waals surface area contributed by atoms with Crippen LogP contribution in [0.3, 0.4) is 0 Å². The van der Waals surface area contributed by atoms with E-state index in [-0.39, 0.29) is 5.91 Å². The van der Waals surface area contributed by atoms with E-state index in [1.165, 1.54) is 12.8 Å². The highest BCUT2D eigenvalue weighted by molar-refractivity contribution is 6.04. The van der Waals surface area contributed by atoms with Crippen LogP contribution in [0, 0.1) is 0 Å². The molecule has 24 heavy (non-hydrogen) atoms. The van der Waals surface area contributed by atoms with Gasteiger partial charge in [0, 0.05) is 36.7 Å². The zero-order valence-electron chi connectivity index (χ0n) is 14.2. The normalized spacial score (nSPS) is 13.4. The van der Waals surface area contributed by atoms with E-state index in [0.29, 0.717) is 11.6 Å². The van der Waals surface area contributed by atoms with Crippen molar-refractivity contribution < 1.29 is 4.79 Å². The summed E-state index contributed by atoms with van der Waals surface area (Å²) in [5, 5.41) is 6.23. The van der Waals surface area contributed by atoms with Crippen LogP contribution in [0.4, 0.5) is 17.2 Å². The van der Waals surface area contributed by atoms with Gasteiger partial charge in [-0.1, -0.05) is 0 Å². The van der Waals surface area contributed by atoms with Gasteiger partial charge in [-0.25, -0.2) is 4.98 Å². The Morgan fingerprint density at radius 2 is 1.83 bits per heavy atom. The number of benzene rings is 1. The molecule has 1 aromatic carbocycles. The number of anilines is 3. The van der Waals surface area contributed by atoms with E-state index in [1.54, 1.807) is 12.3 Å². The van der Waals surface area contributed by atoms with E-state index in [4.69, 9.17) is 0 Å². The maximum Gasteiger partial charge on any atom is 0.257 e. The van der Waals surface area contributed by atoms with Crippen LogP contribution in [0.1, 0.15) is 37.0 Å². The Morgan fingerprint density at radius 3 is 2.38 bits per heavy atom. The molecule has 1 fully saturated rings. The zero-order chi connectivity index (χ0) is 16.9. The van der Waals surface area contributed by atoms with Gasteiger partial charge in [0.25, 0.3) is 5.91 Å². The second-order valence-electron chi connectivity index (χ2n) is 6.02. The first kappa shape index (κ1) is 16.3. The van der Waals surface area contributed by atoms with E-state index in [2.05, 4.69) is 34.4 Å². The van der Waals surface area contributed by atoms with Crippen LogP contribution in [0.25, 0.3) is 0 Å². The molecule has 0 bridgehead atoms. The Morgan fingerprint density at radius 1 is 1.12 bits per heavy atom. The SMILES string of the molecule is CCN(CC)c1ccc(NC(=O)c2ccc(NC3CC3)nc2)cc1. The average Bonchev–Trinajstić information content (AvgIpc) is 3.42. The predicted molar refractivity (Wildman–Crippen MR) is 98.8 cm³/mol. The van der Waals surface area contributed by atoms with Crippen LogP contribution < -0.4 is 15.5 Å². The van der Waals surface area contributed by atoms with Crippen molar-refractivity contribution in [3.8, 4) is 0 Å². The molecule has 2 aromatic rings. The summed E-state index contributed by atoms with van der Waals surface area (Å²) in [5.74, 6) is 0.689. The minimum absolute atomic E-state index is 0.143. The molecule has 0 saturated heterocycles. The topological polar surface area (TPSA) is 57.3 Å². The third-order valence-corrected chi connectivity index (χ3v) is 4.21. The predicted octanol–water partition coefficient (Wildman–Crippen LogP) is 3.75. The molecule has 0 spiro atoms. The van der Waals surface area contributed by atoms with Gasteiger partial charge in [-0.2, -0.15) is 0 Å². The first-order chi connectivity index (χ1) is 11.7. The van der Waals surface area contributed by atoms with Crippen LogP contribution in [0.5, 0.6) is 0 Å². The highest BCUT2D eigenvalue weighted by atomic mass is 16.1. The largest absolute Gasteiger partial charge is 0.372 e. The minimum atomic E-state index is -0.143. The highest BCUT2D eigenvalue weighted by Gasteiger charge is 2.21. The van der Waals surface area contributed by atoms with Crippen molar-refractivity contribution in [2.24, 2.45) is 0 Å². The van der Waals surface area contributed by atoms with Gasteiger partial charge in [-0.15, -0.1) is 0 Å². The lowest BCUT2D eigenvalue weighted by molar-refractivity contribution is 0.102. The molecule has 1 saturated carbocycles. The summed E-state index contributed by atoms with van der Waals surface area (Å²) in [7, 11) is 0. The fourth-order valence-electron chi connectivity index (χ4n) is 2.60. The van der Waals surface area contributed by atoms with Crippen LogP contribution >= 0.6 is 0 Å². The second kappa shape index (κ2) is 7.34. The smallest absolute Gasteiger partial charge is 0.257 e. The number of hydrogen-bond acceptors (Lipinski definition) is 4. The van der Waals surface area contributed by atoms with E-state index in [0.717, 1.165) is 30.3 Å². The van der Waals surface area contributed by atoms with Gasteiger partial charge in [-0.05, 0) is 63.1 Å². The lowest BCUT2D eigenvalue weighted by atomic mass is 10.2. The summed E-state index contributed by atoms with van der Waals surface area (Å²) in [6, 6.07) is 12.1. The van der Waals surface area contributed by atoms with E-state index in [9.17, 15) is 4.79 Å². The molecule has 0 atom stereocenters. The molecule has 5 nitrogen and oxygen atoms in total. The highest BCUT2D eigenvalue weighted by Crippen LogP contribution is 2.23. The third kappa shape index (κ3) is 4.04. The summed E-state index contributed by atoms with van der Waals surface area (Å²) in [4.78, 5) is 18.9. The monoisotopic (exact) mass is 324 g/mol. The van der Waals surface area contributed by atoms with Gasteiger partial charge in [0.1, 0.15) is 5.82 Å². The molecule has 0 radical (unpaired) electrons. The molecule has 0 unspecified atom stereocenters. The van der Waals surface area contributed by atoms with Gasteiger partial charge in [0.05, 0.1) is 5.56 Å². The van der Waals surface area contributed by atoms with E-state index < -0.39 is 0 Å². The molecule has 1 aliphatic carbocycles. The first-order valence-electron chi connectivity index (χ1n) is 8.58. The van der Waals surface area contributed by atoms with Crippen LogP contribution in [0.15, 0.2) is 42.6 Å². The number of aromatic nitrogens is 1. The van der Waals surface area contributed by atoms with Crippen LogP contribution in [-0.2, 0) is 0 Å². The Balaban J connectivity index is 1.61. The number of rotatable bonds is 7. The molecule has 3 rings (SSSR count). The minimum Gasteiger partial charge on any atom is -0.372 e.